The van der Waals surface area contributed by atoms with Crippen LogP contribution in [-0.4, -0.2) is 13.1 Å². The summed E-state index contributed by atoms with van der Waals surface area (Å²) in [6.45, 7) is 0. The van der Waals surface area contributed by atoms with Gasteiger partial charge in [0, 0.05) is 5.33 Å². The standard InChI is InChI=1S/C11H7BrF3NO2/c1-18-10(17)8-2-6(4-12)9(11(13,14)15)3-7(8)5-16/h2-3H,4H2,1H3. The smallest absolute Gasteiger partial charge is 0.416 e. The number of methoxy groups -OCH3 is 1. The van der Waals surface area contributed by atoms with E-state index in [1.807, 2.05) is 0 Å². The number of ether oxygens (including phenoxy) is 1. The molecule has 1 rings (SSSR count). The average molecular weight is 322 g/mol. The lowest BCUT2D eigenvalue weighted by molar-refractivity contribution is -0.138. The number of hydrogen-bond acceptors (Lipinski definition) is 3. The fourth-order valence-corrected chi connectivity index (χ4v) is 1.85. The Morgan fingerprint density at radius 2 is 2.11 bits per heavy atom. The molecular formula is C11H7BrF3NO2. The summed E-state index contributed by atoms with van der Waals surface area (Å²) in [5.41, 5.74) is -1.60. The SMILES string of the molecule is COC(=O)c1cc(CBr)c(C(F)(F)F)cc1C#N. The van der Waals surface area contributed by atoms with Gasteiger partial charge < -0.3 is 4.74 Å². The van der Waals surface area contributed by atoms with Crippen LogP contribution in [0.4, 0.5) is 13.2 Å². The normalized spacial score (nSPS) is 10.9. The van der Waals surface area contributed by atoms with Gasteiger partial charge in [-0.05, 0) is 17.7 Å². The number of nitrogens with zero attached hydrogens (tertiary/aromatic N) is 1. The third-order valence-corrected chi connectivity index (χ3v) is 2.82. The van der Waals surface area contributed by atoms with Crippen molar-refractivity contribution in [2.45, 2.75) is 11.5 Å². The molecule has 0 aliphatic rings. The first-order valence-electron chi connectivity index (χ1n) is 4.63. The summed E-state index contributed by atoms with van der Waals surface area (Å²) in [5.74, 6) is -0.845. The average Bonchev–Trinajstić information content (AvgIpc) is 2.34. The second-order valence-corrected chi connectivity index (χ2v) is 3.85. The van der Waals surface area contributed by atoms with Gasteiger partial charge in [-0.15, -0.1) is 0 Å². The van der Waals surface area contributed by atoms with Crippen LogP contribution in [0.3, 0.4) is 0 Å². The molecule has 96 valence electrons. The summed E-state index contributed by atoms with van der Waals surface area (Å²) >= 11 is 2.92. The molecule has 0 atom stereocenters. The maximum Gasteiger partial charge on any atom is 0.416 e. The Hall–Kier alpha value is -1.55. The highest BCUT2D eigenvalue weighted by Gasteiger charge is 2.34. The number of alkyl halides is 4. The molecule has 0 bridgehead atoms. The minimum Gasteiger partial charge on any atom is -0.465 e. The van der Waals surface area contributed by atoms with Gasteiger partial charge in [0.25, 0.3) is 0 Å². The lowest BCUT2D eigenvalue weighted by atomic mass is 9.99. The highest BCUT2D eigenvalue weighted by Crippen LogP contribution is 2.34. The second kappa shape index (κ2) is 5.40. The van der Waals surface area contributed by atoms with Crippen LogP contribution in [0, 0.1) is 11.3 Å². The van der Waals surface area contributed by atoms with Crippen LogP contribution in [0.2, 0.25) is 0 Å². The predicted octanol–water partition coefficient (Wildman–Crippen LogP) is 3.26. The number of esters is 1. The molecule has 0 aliphatic heterocycles. The van der Waals surface area contributed by atoms with E-state index in [1.165, 1.54) is 0 Å². The maximum absolute atomic E-state index is 12.7. The Morgan fingerprint density at radius 1 is 1.50 bits per heavy atom. The lowest BCUT2D eigenvalue weighted by Gasteiger charge is -2.13. The van der Waals surface area contributed by atoms with Gasteiger partial charge in [-0.25, -0.2) is 4.79 Å². The van der Waals surface area contributed by atoms with Crippen LogP contribution in [0.5, 0.6) is 0 Å². The topological polar surface area (TPSA) is 50.1 Å². The van der Waals surface area contributed by atoms with Crippen molar-refractivity contribution in [3.05, 3.63) is 34.4 Å². The molecule has 0 unspecified atom stereocenters. The molecule has 7 heteroatoms. The van der Waals surface area contributed by atoms with Crippen molar-refractivity contribution in [3.8, 4) is 6.07 Å². The number of nitriles is 1. The van der Waals surface area contributed by atoms with Gasteiger partial charge in [0.1, 0.15) is 6.07 Å². The van der Waals surface area contributed by atoms with E-state index < -0.39 is 17.7 Å². The van der Waals surface area contributed by atoms with E-state index in [9.17, 15) is 18.0 Å². The van der Waals surface area contributed by atoms with Gasteiger partial charge in [-0.3, -0.25) is 0 Å². The summed E-state index contributed by atoms with van der Waals surface area (Å²) in [7, 11) is 1.09. The van der Waals surface area contributed by atoms with E-state index in [0.717, 1.165) is 13.2 Å². The molecule has 0 amide bonds. The van der Waals surface area contributed by atoms with E-state index in [4.69, 9.17) is 5.26 Å². The number of hydrogen-bond donors (Lipinski definition) is 0. The predicted molar refractivity (Wildman–Crippen MR) is 60.1 cm³/mol. The van der Waals surface area contributed by atoms with Crippen LogP contribution in [0.15, 0.2) is 12.1 Å². The van der Waals surface area contributed by atoms with Gasteiger partial charge in [-0.1, -0.05) is 15.9 Å². The van der Waals surface area contributed by atoms with Crippen molar-refractivity contribution in [1.29, 1.82) is 5.26 Å². The van der Waals surface area contributed by atoms with Crippen molar-refractivity contribution in [2.75, 3.05) is 7.11 Å². The van der Waals surface area contributed by atoms with Crippen LogP contribution in [0.25, 0.3) is 0 Å². The van der Waals surface area contributed by atoms with Crippen LogP contribution in [0.1, 0.15) is 27.0 Å². The summed E-state index contributed by atoms with van der Waals surface area (Å²) in [4.78, 5) is 11.4. The Bertz CT molecular complexity index is 520. The Morgan fingerprint density at radius 3 is 2.50 bits per heavy atom. The van der Waals surface area contributed by atoms with E-state index in [-0.39, 0.29) is 22.0 Å². The minimum absolute atomic E-state index is 0.0858. The first-order chi connectivity index (χ1) is 8.35. The Labute approximate surface area is 109 Å². The molecule has 1 aromatic carbocycles. The van der Waals surface area contributed by atoms with E-state index in [0.29, 0.717) is 6.07 Å². The van der Waals surface area contributed by atoms with Gasteiger partial charge >= 0.3 is 12.1 Å². The van der Waals surface area contributed by atoms with E-state index >= 15 is 0 Å². The number of carbonyl (C=O) groups is 1. The molecular weight excluding hydrogens is 315 g/mol. The highest BCUT2D eigenvalue weighted by molar-refractivity contribution is 9.08. The molecule has 0 saturated carbocycles. The molecule has 0 heterocycles. The fourth-order valence-electron chi connectivity index (χ4n) is 1.39. The molecule has 0 radical (unpaired) electrons. The quantitative estimate of drug-likeness (QED) is 0.620. The summed E-state index contributed by atoms with van der Waals surface area (Å²) in [6, 6.07) is 3.23. The maximum atomic E-state index is 12.7. The Kier molecular flexibility index (Phi) is 4.35. The number of halogens is 4. The molecule has 0 fully saturated rings. The minimum atomic E-state index is -4.58. The molecule has 1 aromatic rings. The molecule has 0 saturated heterocycles. The van der Waals surface area contributed by atoms with Gasteiger partial charge in [0.15, 0.2) is 0 Å². The first kappa shape index (κ1) is 14.5. The van der Waals surface area contributed by atoms with E-state index in [2.05, 4.69) is 20.7 Å². The molecule has 0 N–H and O–H groups in total. The summed E-state index contributed by atoms with van der Waals surface area (Å²) < 4.78 is 42.6. The van der Waals surface area contributed by atoms with Crippen LogP contribution < -0.4 is 0 Å². The van der Waals surface area contributed by atoms with E-state index in [1.54, 1.807) is 6.07 Å². The third kappa shape index (κ3) is 2.82. The lowest BCUT2D eigenvalue weighted by Crippen LogP contribution is -2.12. The molecule has 0 aromatic heterocycles. The van der Waals surface area contributed by atoms with Crippen molar-refractivity contribution in [3.63, 3.8) is 0 Å². The monoisotopic (exact) mass is 321 g/mol. The van der Waals surface area contributed by atoms with Crippen LogP contribution >= 0.6 is 15.9 Å². The van der Waals surface area contributed by atoms with Crippen LogP contribution in [-0.2, 0) is 16.2 Å². The van der Waals surface area contributed by atoms with Crippen molar-refractivity contribution in [2.24, 2.45) is 0 Å². The summed E-state index contributed by atoms with van der Waals surface area (Å²) in [5, 5.41) is 8.69. The zero-order valence-corrected chi connectivity index (χ0v) is 10.7. The highest BCUT2D eigenvalue weighted by atomic mass is 79.9. The number of rotatable bonds is 2. The molecule has 0 spiro atoms. The first-order valence-corrected chi connectivity index (χ1v) is 5.75. The number of carbonyl (C=O) groups excluding carboxylic acids is 1. The third-order valence-electron chi connectivity index (χ3n) is 2.22. The van der Waals surface area contributed by atoms with Gasteiger partial charge in [-0.2, -0.15) is 18.4 Å². The van der Waals surface area contributed by atoms with Crippen molar-refractivity contribution < 1.29 is 22.7 Å². The molecule has 18 heavy (non-hydrogen) atoms. The van der Waals surface area contributed by atoms with Crippen molar-refractivity contribution >= 4 is 21.9 Å². The zero-order chi connectivity index (χ0) is 13.9. The molecule has 3 nitrogen and oxygen atoms in total. The van der Waals surface area contributed by atoms with Crippen molar-refractivity contribution in [1.82, 2.24) is 0 Å². The Balaban J connectivity index is 3.53. The molecule has 0 aliphatic carbocycles. The van der Waals surface area contributed by atoms with Gasteiger partial charge in [0.2, 0.25) is 0 Å². The van der Waals surface area contributed by atoms with Gasteiger partial charge in [0.05, 0.1) is 23.8 Å². The second-order valence-electron chi connectivity index (χ2n) is 3.29. The summed E-state index contributed by atoms with van der Waals surface area (Å²) in [6.07, 6.45) is -4.58. The number of benzene rings is 1. The fraction of sp³-hybridized carbons (Fsp3) is 0.273. The zero-order valence-electron chi connectivity index (χ0n) is 9.14. The largest absolute Gasteiger partial charge is 0.465 e.